The molecule has 20 heavy (non-hydrogen) atoms. The van der Waals surface area contributed by atoms with Crippen LogP contribution in [0.15, 0.2) is 42.5 Å². The van der Waals surface area contributed by atoms with Crippen LogP contribution in [0.1, 0.15) is 5.56 Å². The van der Waals surface area contributed by atoms with Crippen molar-refractivity contribution in [3.8, 4) is 23.0 Å². The van der Waals surface area contributed by atoms with E-state index in [2.05, 4.69) is 0 Å². The highest BCUT2D eigenvalue weighted by molar-refractivity contribution is 5.38. The summed E-state index contributed by atoms with van der Waals surface area (Å²) in [7, 11) is 4.89. The number of benzene rings is 2. The van der Waals surface area contributed by atoms with Crippen LogP contribution in [-0.4, -0.2) is 21.3 Å². The van der Waals surface area contributed by atoms with Crippen LogP contribution in [0, 0.1) is 0 Å². The van der Waals surface area contributed by atoms with E-state index in [4.69, 9.17) is 18.9 Å². The molecule has 0 atom stereocenters. The highest BCUT2D eigenvalue weighted by atomic mass is 16.5. The number of ether oxygens (including phenoxy) is 4. The Morgan fingerprint density at radius 3 is 1.65 bits per heavy atom. The molecule has 4 nitrogen and oxygen atoms in total. The van der Waals surface area contributed by atoms with Crippen LogP contribution in [0.25, 0.3) is 0 Å². The van der Waals surface area contributed by atoms with Crippen molar-refractivity contribution >= 4 is 0 Å². The monoisotopic (exact) mass is 274 g/mol. The topological polar surface area (TPSA) is 36.9 Å². The summed E-state index contributed by atoms with van der Waals surface area (Å²) < 4.78 is 21.3. The van der Waals surface area contributed by atoms with Gasteiger partial charge in [0.25, 0.3) is 0 Å². The summed E-state index contributed by atoms with van der Waals surface area (Å²) in [5.74, 6) is 3.09. The Morgan fingerprint density at radius 1 is 0.650 bits per heavy atom. The fraction of sp³-hybridized carbons (Fsp3) is 0.250. The third kappa shape index (κ3) is 3.57. The van der Waals surface area contributed by atoms with E-state index in [0.717, 1.165) is 28.6 Å². The van der Waals surface area contributed by atoms with Crippen molar-refractivity contribution in [1.82, 2.24) is 0 Å². The van der Waals surface area contributed by atoms with E-state index in [0.29, 0.717) is 6.61 Å². The van der Waals surface area contributed by atoms with Gasteiger partial charge < -0.3 is 18.9 Å². The molecule has 0 aromatic heterocycles. The average Bonchev–Trinajstić information content (AvgIpc) is 2.53. The number of hydrogen-bond donors (Lipinski definition) is 0. The molecule has 0 aliphatic rings. The predicted octanol–water partition coefficient (Wildman–Crippen LogP) is 3.29. The van der Waals surface area contributed by atoms with Crippen molar-refractivity contribution in [3.05, 3.63) is 48.0 Å². The van der Waals surface area contributed by atoms with Gasteiger partial charge in [-0.25, -0.2) is 0 Å². The molecule has 0 spiro atoms. The van der Waals surface area contributed by atoms with E-state index in [1.807, 2.05) is 42.5 Å². The lowest BCUT2D eigenvalue weighted by atomic mass is 10.2. The molecule has 0 amide bonds. The lowest BCUT2D eigenvalue weighted by Crippen LogP contribution is -1.97. The van der Waals surface area contributed by atoms with Crippen LogP contribution in [0.5, 0.6) is 23.0 Å². The maximum atomic E-state index is 5.72. The Kier molecular flexibility index (Phi) is 4.71. The van der Waals surface area contributed by atoms with Gasteiger partial charge in [-0.3, -0.25) is 0 Å². The number of rotatable bonds is 6. The number of hydrogen-bond acceptors (Lipinski definition) is 4. The van der Waals surface area contributed by atoms with Crippen molar-refractivity contribution < 1.29 is 18.9 Å². The quantitative estimate of drug-likeness (QED) is 0.810. The second-order valence-electron chi connectivity index (χ2n) is 4.19. The van der Waals surface area contributed by atoms with Crippen molar-refractivity contribution in [2.24, 2.45) is 0 Å². The SMILES string of the molecule is COc1ccc(OCc2cc(OC)cc(OC)c2)cc1. The molecule has 0 saturated heterocycles. The third-order valence-corrected chi connectivity index (χ3v) is 2.88. The summed E-state index contributed by atoms with van der Waals surface area (Å²) >= 11 is 0. The van der Waals surface area contributed by atoms with Gasteiger partial charge in [-0.05, 0) is 42.0 Å². The standard InChI is InChI=1S/C16H18O4/c1-17-13-4-6-14(7-5-13)20-11-12-8-15(18-2)10-16(9-12)19-3/h4-10H,11H2,1-3H3. The zero-order chi connectivity index (χ0) is 14.4. The molecule has 0 radical (unpaired) electrons. The van der Waals surface area contributed by atoms with Gasteiger partial charge in [-0.2, -0.15) is 0 Å². The highest BCUT2D eigenvalue weighted by Crippen LogP contribution is 2.24. The molecule has 0 aliphatic carbocycles. The van der Waals surface area contributed by atoms with Gasteiger partial charge in [-0.1, -0.05) is 0 Å². The molecular weight excluding hydrogens is 256 g/mol. The van der Waals surface area contributed by atoms with E-state index in [1.54, 1.807) is 21.3 Å². The molecule has 4 heteroatoms. The molecular formula is C16H18O4. The summed E-state index contributed by atoms with van der Waals surface area (Å²) in [5.41, 5.74) is 0.983. The maximum absolute atomic E-state index is 5.72. The minimum Gasteiger partial charge on any atom is -0.497 e. The van der Waals surface area contributed by atoms with Crippen LogP contribution < -0.4 is 18.9 Å². The van der Waals surface area contributed by atoms with Crippen LogP contribution in [-0.2, 0) is 6.61 Å². The second kappa shape index (κ2) is 6.70. The van der Waals surface area contributed by atoms with Gasteiger partial charge in [0.15, 0.2) is 0 Å². The molecule has 2 aromatic carbocycles. The lowest BCUT2D eigenvalue weighted by molar-refractivity contribution is 0.303. The molecule has 0 heterocycles. The Morgan fingerprint density at radius 2 is 1.15 bits per heavy atom. The van der Waals surface area contributed by atoms with Crippen molar-refractivity contribution in [1.29, 1.82) is 0 Å². The largest absolute Gasteiger partial charge is 0.497 e. The molecule has 0 unspecified atom stereocenters. The van der Waals surface area contributed by atoms with Crippen LogP contribution >= 0.6 is 0 Å². The zero-order valence-corrected chi connectivity index (χ0v) is 11.9. The Labute approximate surface area is 118 Å². The first kappa shape index (κ1) is 14.1. The van der Waals surface area contributed by atoms with E-state index < -0.39 is 0 Å². The minimum absolute atomic E-state index is 0.444. The van der Waals surface area contributed by atoms with Gasteiger partial charge in [-0.15, -0.1) is 0 Å². The molecule has 0 bridgehead atoms. The molecule has 0 N–H and O–H groups in total. The van der Waals surface area contributed by atoms with Gasteiger partial charge in [0.05, 0.1) is 21.3 Å². The lowest BCUT2D eigenvalue weighted by Gasteiger charge is -2.10. The van der Waals surface area contributed by atoms with Crippen LogP contribution in [0.3, 0.4) is 0 Å². The normalized spacial score (nSPS) is 9.95. The first-order valence-corrected chi connectivity index (χ1v) is 6.24. The smallest absolute Gasteiger partial charge is 0.122 e. The Balaban J connectivity index is 2.05. The predicted molar refractivity (Wildman–Crippen MR) is 76.9 cm³/mol. The maximum Gasteiger partial charge on any atom is 0.122 e. The van der Waals surface area contributed by atoms with Crippen LogP contribution in [0.2, 0.25) is 0 Å². The third-order valence-electron chi connectivity index (χ3n) is 2.88. The van der Waals surface area contributed by atoms with Gasteiger partial charge >= 0.3 is 0 Å². The van der Waals surface area contributed by atoms with Crippen molar-refractivity contribution in [2.75, 3.05) is 21.3 Å². The summed E-state index contributed by atoms with van der Waals surface area (Å²) in [6, 6.07) is 13.1. The molecule has 0 saturated carbocycles. The first-order valence-electron chi connectivity index (χ1n) is 6.24. The van der Waals surface area contributed by atoms with Gasteiger partial charge in [0.1, 0.15) is 29.6 Å². The molecule has 0 fully saturated rings. The average molecular weight is 274 g/mol. The summed E-state index contributed by atoms with van der Waals surface area (Å²) in [6.07, 6.45) is 0. The van der Waals surface area contributed by atoms with Gasteiger partial charge in [0, 0.05) is 6.07 Å². The fourth-order valence-electron chi connectivity index (χ4n) is 1.79. The minimum atomic E-state index is 0.444. The summed E-state index contributed by atoms with van der Waals surface area (Å²) in [6.45, 7) is 0.444. The van der Waals surface area contributed by atoms with Crippen LogP contribution in [0.4, 0.5) is 0 Å². The molecule has 2 rings (SSSR count). The summed E-state index contributed by atoms with van der Waals surface area (Å²) in [5, 5.41) is 0. The fourth-order valence-corrected chi connectivity index (χ4v) is 1.79. The first-order chi connectivity index (χ1) is 9.75. The van der Waals surface area contributed by atoms with E-state index in [-0.39, 0.29) is 0 Å². The van der Waals surface area contributed by atoms with Crippen molar-refractivity contribution in [3.63, 3.8) is 0 Å². The van der Waals surface area contributed by atoms with E-state index >= 15 is 0 Å². The molecule has 106 valence electrons. The Hall–Kier alpha value is -2.36. The van der Waals surface area contributed by atoms with Crippen molar-refractivity contribution in [2.45, 2.75) is 6.61 Å². The van der Waals surface area contributed by atoms with Gasteiger partial charge in [0.2, 0.25) is 0 Å². The second-order valence-corrected chi connectivity index (χ2v) is 4.19. The Bertz CT molecular complexity index is 527. The van der Waals surface area contributed by atoms with E-state index in [1.165, 1.54) is 0 Å². The zero-order valence-electron chi connectivity index (χ0n) is 11.9. The van der Waals surface area contributed by atoms with E-state index in [9.17, 15) is 0 Å². The molecule has 0 aliphatic heterocycles. The number of methoxy groups -OCH3 is 3. The molecule has 2 aromatic rings. The highest BCUT2D eigenvalue weighted by Gasteiger charge is 2.03. The summed E-state index contributed by atoms with van der Waals surface area (Å²) in [4.78, 5) is 0.